The van der Waals surface area contributed by atoms with Crippen molar-refractivity contribution in [2.24, 2.45) is 0 Å². The molecule has 0 heterocycles. The van der Waals surface area contributed by atoms with Gasteiger partial charge in [-0.3, -0.25) is 4.79 Å². The molecule has 25 heavy (non-hydrogen) atoms. The smallest absolute Gasteiger partial charge is 0.154 e. The molecule has 0 bridgehead atoms. The molecule has 0 unspecified atom stereocenters. The van der Waals surface area contributed by atoms with Gasteiger partial charge in [0.1, 0.15) is 11.5 Å². The van der Waals surface area contributed by atoms with Gasteiger partial charge in [-0.1, -0.05) is 41.5 Å². The maximum Gasteiger partial charge on any atom is 0.154 e. The summed E-state index contributed by atoms with van der Waals surface area (Å²) in [6, 6.07) is 9.10. The highest BCUT2D eigenvalue weighted by atomic mass is 35.5. The lowest BCUT2D eigenvalue weighted by molar-refractivity contribution is 0.112. The summed E-state index contributed by atoms with van der Waals surface area (Å²) in [6.07, 6.45) is 5.57. The quantitative estimate of drug-likeness (QED) is 0.402. The summed E-state index contributed by atoms with van der Waals surface area (Å²) in [5, 5.41) is 11.2. The number of aldehydes is 1. The van der Waals surface area contributed by atoms with Gasteiger partial charge in [0.05, 0.1) is 12.7 Å². The summed E-state index contributed by atoms with van der Waals surface area (Å²) in [5.41, 5.74) is 3.41. The maximum absolute atomic E-state index is 11.5. The van der Waals surface area contributed by atoms with Crippen LogP contribution in [0, 0.1) is 0 Å². The molecule has 0 aliphatic rings. The Morgan fingerprint density at radius 1 is 1.28 bits per heavy atom. The van der Waals surface area contributed by atoms with E-state index in [1.54, 1.807) is 31.4 Å². The van der Waals surface area contributed by atoms with E-state index in [2.05, 4.69) is 6.58 Å². The van der Waals surface area contributed by atoms with E-state index < -0.39 is 0 Å². The van der Waals surface area contributed by atoms with Crippen LogP contribution in [0.1, 0.15) is 40.4 Å². The van der Waals surface area contributed by atoms with Crippen molar-refractivity contribution < 1.29 is 14.6 Å². The first kappa shape index (κ1) is 18.8. The van der Waals surface area contributed by atoms with Gasteiger partial charge in [-0.25, -0.2) is 0 Å². The number of halogens is 1. The van der Waals surface area contributed by atoms with Gasteiger partial charge in [-0.15, -0.1) is 6.58 Å². The highest BCUT2D eigenvalue weighted by Gasteiger charge is 2.16. The van der Waals surface area contributed by atoms with Gasteiger partial charge in [-0.2, -0.15) is 0 Å². The summed E-state index contributed by atoms with van der Waals surface area (Å²) >= 11 is 5.88. The minimum atomic E-state index is -0.0358. The molecule has 0 aliphatic carbocycles. The first-order chi connectivity index (χ1) is 12.0. The van der Waals surface area contributed by atoms with Crippen LogP contribution >= 0.6 is 11.6 Å². The molecule has 0 fully saturated rings. The van der Waals surface area contributed by atoms with E-state index in [0.29, 0.717) is 41.0 Å². The van der Waals surface area contributed by atoms with Crippen LogP contribution in [0.15, 0.2) is 42.5 Å². The monoisotopic (exact) mass is 356 g/mol. The summed E-state index contributed by atoms with van der Waals surface area (Å²) in [6.45, 7) is 5.80. The zero-order chi connectivity index (χ0) is 18.4. The largest absolute Gasteiger partial charge is 0.507 e. The number of allylic oxidation sites excluding steroid dienone is 1. The number of phenols is 1. The fourth-order valence-corrected chi connectivity index (χ4v) is 2.63. The van der Waals surface area contributed by atoms with Gasteiger partial charge in [-0.05, 0) is 49.1 Å². The zero-order valence-electron chi connectivity index (χ0n) is 14.4. The van der Waals surface area contributed by atoms with Crippen LogP contribution in [-0.2, 0) is 6.42 Å². The third-order valence-electron chi connectivity index (χ3n) is 3.90. The molecule has 4 heteroatoms. The van der Waals surface area contributed by atoms with Gasteiger partial charge in [0.25, 0.3) is 0 Å². The van der Waals surface area contributed by atoms with Gasteiger partial charge < -0.3 is 9.84 Å². The van der Waals surface area contributed by atoms with E-state index >= 15 is 0 Å². The van der Waals surface area contributed by atoms with Crippen LogP contribution < -0.4 is 4.74 Å². The van der Waals surface area contributed by atoms with E-state index in [-0.39, 0.29) is 11.3 Å². The second-order valence-electron chi connectivity index (χ2n) is 5.87. The van der Waals surface area contributed by atoms with Crippen molar-refractivity contribution >= 4 is 30.0 Å². The molecule has 0 atom stereocenters. The molecule has 2 aromatic carbocycles. The van der Waals surface area contributed by atoms with Crippen LogP contribution in [-0.4, -0.2) is 18.5 Å². The average molecular weight is 357 g/mol. The van der Waals surface area contributed by atoms with Crippen LogP contribution in [0.25, 0.3) is 12.2 Å². The van der Waals surface area contributed by atoms with Crippen molar-refractivity contribution in [1.82, 2.24) is 0 Å². The molecule has 0 aliphatic heterocycles. The zero-order valence-corrected chi connectivity index (χ0v) is 15.1. The number of rotatable bonds is 7. The lowest BCUT2D eigenvalue weighted by Gasteiger charge is -2.14. The Bertz CT molecular complexity index is 805. The van der Waals surface area contributed by atoms with E-state index in [9.17, 15) is 9.90 Å². The summed E-state index contributed by atoms with van der Waals surface area (Å²) in [5.74, 6) is 0.520. The van der Waals surface area contributed by atoms with Crippen LogP contribution in [0.3, 0.4) is 0 Å². The van der Waals surface area contributed by atoms with Crippen LogP contribution in [0.4, 0.5) is 0 Å². The number of carbonyl (C=O) groups is 1. The number of carbonyl (C=O) groups excluding carboxylic acids is 1. The first-order valence-corrected chi connectivity index (χ1v) is 8.30. The average Bonchev–Trinajstić information content (AvgIpc) is 2.59. The Morgan fingerprint density at radius 3 is 2.52 bits per heavy atom. The van der Waals surface area contributed by atoms with Crippen molar-refractivity contribution in [1.29, 1.82) is 0 Å². The van der Waals surface area contributed by atoms with Crippen LogP contribution in [0.5, 0.6) is 11.5 Å². The number of phenolic OH excluding ortho intramolecular Hbond substituents is 1. The van der Waals surface area contributed by atoms with Gasteiger partial charge in [0.15, 0.2) is 6.29 Å². The van der Waals surface area contributed by atoms with E-state index in [0.717, 1.165) is 11.1 Å². The number of benzene rings is 2. The third-order valence-corrected chi connectivity index (χ3v) is 4.15. The minimum Gasteiger partial charge on any atom is -0.507 e. The second kappa shape index (κ2) is 8.54. The lowest BCUT2D eigenvalue weighted by atomic mass is 9.97. The molecule has 0 amide bonds. The van der Waals surface area contributed by atoms with E-state index in [4.69, 9.17) is 16.3 Å². The molecule has 3 nitrogen and oxygen atoms in total. The SMILES string of the molecule is C=C(C)CCc1c(OC)cc(/C=C/c2ccc(Cl)cc2)c(C=O)c1O. The van der Waals surface area contributed by atoms with E-state index in [1.807, 2.05) is 25.1 Å². The Balaban J connectivity index is 2.43. The Morgan fingerprint density at radius 2 is 1.96 bits per heavy atom. The topological polar surface area (TPSA) is 46.5 Å². The number of methoxy groups -OCH3 is 1. The molecule has 1 N–H and O–H groups in total. The molecule has 0 radical (unpaired) electrons. The molecule has 2 rings (SSSR count). The Labute approximate surface area is 153 Å². The van der Waals surface area contributed by atoms with E-state index in [1.165, 1.54) is 0 Å². The minimum absolute atomic E-state index is 0.0358. The molecular weight excluding hydrogens is 336 g/mol. The van der Waals surface area contributed by atoms with Crippen molar-refractivity contribution in [2.45, 2.75) is 19.8 Å². The Kier molecular flexibility index (Phi) is 6.43. The van der Waals surface area contributed by atoms with Gasteiger partial charge >= 0.3 is 0 Å². The van der Waals surface area contributed by atoms with Crippen molar-refractivity contribution in [3.8, 4) is 11.5 Å². The third kappa shape index (κ3) is 4.74. The molecule has 2 aromatic rings. The number of hydrogen-bond acceptors (Lipinski definition) is 3. The van der Waals surface area contributed by atoms with Crippen molar-refractivity contribution in [2.75, 3.05) is 7.11 Å². The lowest BCUT2D eigenvalue weighted by Crippen LogP contribution is -1.99. The molecular formula is C21H21ClO3. The summed E-state index contributed by atoms with van der Waals surface area (Å²) in [4.78, 5) is 11.5. The summed E-state index contributed by atoms with van der Waals surface area (Å²) < 4.78 is 5.41. The molecule has 0 aromatic heterocycles. The predicted octanol–water partition coefficient (Wildman–Crippen LogP) is 5.55. The predicted molar refractivity (Wildman–Crippen MR) is 104 cm³/mol. The molecule has 130 valence electrons. The highest BCUT2D eigenvalue weighted by Crippen LogP contribution is 2.35. The Hall–Kier alpha value is -2.52. The number of hydrogen-bond donors (Lipinski definition) is 1. The fraction of sp³-hybridized carbons (Fsp3) is 0.190. The molecule has 0 spiro atoms. The normalized spacial score (nSPS) is 10.8. The van der Waals surface area contributed by atoms with Crippen molar-refractivity contribution in [3.05, 3.63) is 69.8 Å². The highest BCUT2D eigenvalue weighted by molar-refractivity contribution is 6.30. The number of ether oxygens (including phenoxy) is 1. The van der Waals surface area contributed by atoms with Gasteiger partial charge in [0.2, 0.25) is 0 Å². The number of aromatic hydroxyl groups is 1. The van der Waals surface area contributed by atoms with Crippen LogP contribution in [0.2, 0.25) is 5.02 Å². The second-order valence-corrected chi connectivity index (χ2v) is 6.31. The van der Waals surface area contributed by atoms with Crippen molar-refractivity contribution in [3.63, 3.8) is 0 Å². The van der Waals surface area contributed by atoms with Gasteiger partial charge in [0, 0.05) is 10.6 Å². The first-order valence-electron chi connectivity index (χ1n) is 7.92. The summed E-state index contributed by atoms with van der Waals surface area (Å²) in [7, 11) is 1.55. The molecule has 0 saturated carbocycles. The fourth-order valence-electron chi connectivity index (χ4n) is 2.51. The maximum atomic E-state index is 11.5. The standard InChI is InChI=1S/C21H21ClO3/c1-14(2)4-11-18-20(25-3)12-16(19(13-23)21(18)24)8-5-15-6-9-17(22)10-7-15/h5-10,12-13,24H,1,4,11H2,2-3H3/b8-5+. The molecule has 0 saturated heterocycles.